The van der Waals surface area contributed by atoms with E-state index in [-0.39, 0.29) is 16.5 Å². The molecule has 1 atom stereocenters. The van der Waals surface area contributed by atoms with Crippen molar-refractivity contribution >= 4 is 17.3 Å². The van der Waals surface area contributed by atoms with Crippen molar-refractivity contribution in [3.05, 3.63) is 87.8 Å². The third-order valence-electron chi connectivity index (χ3n) is 5.37. The molecule has 0 aliphatic carbocycles. The molecule has 0 bridgehead atoms. The molecule has 1 aromatic heterocycles. The molecule has 2 aromatic carbocycles. The lowest BCUT2D eigenvalue weighted by Gasteiger charge is -2.35. The van der Waals surface area contributed by atoms with Crippen LogP contribution in [-0.4, -0.2) is 28.0 Å². The fourth-order valence-electron chi connectivity index (χ4n) is 3.78. The van der Waals surface area contributed by atoms with Crippen molar-refractivity contribution in [3.8, 4) is 5.69 Å². The second-order valence-electron chi connectivity index (χ2n) is 7.08. The maximum absolute atomic E-state index is 12.7. The molecule has 0 unspecified atom stereocenters. The van der Waals surface area contributed by atoms with E-state index in [1.807, 2.05) is 60.7 Å². The van der Waals surface area contributed by atoms with Gasteiger partial charge in [0.05, 0.1) is 23.7 Å². The molecule has 0 spiro atoms. The Balaban J connectivity index is 1.49. The summed E-state index contributed by atoms with van der Waals surface area (Å²) in [6.45, 7) is 1.45. The van der Waals surface area contributed by atoms with Crippen molar-refractivity contribution in [1.29, 1.82) is 0 Å². The lowest BCUT2D eigenvalue weighted by Crippen LogP contribution is -2.37. The normalized spacial score (nSPS) is 16.1. The molecular formula is C22H22ClN3O2. The van der Waals surface area contributed by atoms with Crippen LogP contribution in [0.15, 0.2) is 71.7 Å². The van der Waals surface area contributed by atoms with Crippen molar-refractivity contribution in [1.82, 2.24) is 9.78 Å². The lowest BCUT2D eigenvalue weighted by atomic mass is 9.87. The fraction of sp³-hybridized carbons (Fsp3) is 0.273. The lowest BCUT2D eigenvalue weighted by molar-refractivity contribution is 0.0929. The second-order valence-corrected chi connectivity index (χ2v) is 7.45. The van der Waals surface area contributed by atoms with Gasteiger partial charge in [0.2, 0.25) is 0 Å². The highest BCUT2D eigenvalue weighted by Crippen LogP contribution is 2.33. The summed E-state index contributed by atoms with van der Waals surface area (Å²) in [5, 5.41) is 15.1. The van der Waals surface area contributed by atoms with E-state index < -0.39 is 6.10 Å². The SMILES string of the molecule is O=c1c(Cl)c(N2CCC([C@H](O)c3ccccc3)CC2)cnn1-c1ccccc1. The Kier molecular flexibility index (Phi) is 5.46. The number of aliphatic hydroxyl groups excluding tert-OH is 1. The quantitative estimate of drug-likeness (QED) is 0.729. The van der Waals surface area contributed by atoms with Crippen molar-refractivity contribution < 1.29 is 5.11 Å². The molecule has 1 fully saturated rings. The van der Waals surface area contributed by atoms with E-state index in [9.17, 15) is 9.90 Å². The van der Waals surface area contributed by atoms with Gasteiger partial charge in [0.25, 0.3) is 5.56 Å². The number of benzene rings is 2. The summed E-state index contributed by atoms with van der Waals surface area (Å²) in [5.41, 5.74) is 1.97. The molecule has 2 heterocycles. The Morgan fingerprint density at radius 1 is 1.00 bits per heavy atom. The van der Waals surface area contributed by atoms with Gasteiger partial charge in [-0.15, -0.1) is 0 Å². The first-order chi connectivity index (χ1) is 13.6. The first-order valence-electron chi connectivity index (χ1n) is 9.46. The highest BCUT2D eigenvalue weighted by Gasteiger charge is 2.28. The molecular weight excluding hydrogens is 374 g/mol. The zero-order chi connectivity index (χ0) is 19.5. The summed E-state index contributed by atoms with van der Waals surface area (Å²) < 4.78 is 1.32. The van der Waals surface area contributed by atoms with Gasteiger partial charge in [-0.05, 0) is 36.5 Å². The number of aromatic nitrogens is 2. The molecule has 28 heavy (non-hydrogen) atoms. The Bertz CT molecular complexity index is 984. The zero-order valence-electron chi connectivity index (χ0n) is 15.4. The van der Waals surface area contributed by atoms with Gasteiger partial charge in [-0.3, -0.25) is 4.79 Å². The molecule has 0 saturated carbocycles. The molecule has 1 aliphatic heterocycles. The van der Waals surface area contributed by atoms with E-state index in [1.54, 1.807) is 6.20 Å². The Hall–Kier alpha value is -2.63. The summed E-state index contributed by atoms with van der Waals surface area (Å²) in [5.74, 6) is 0.190. The number of rotatable bonds is 4. The third kappa shape index (κ3) is 3.68. The molecule has 1 aliphatic rings. The highest BCUT2D eigenvalue weighted by molar-refractivity contribution is 6.33. The van der Waals surface area contributed by atoms with Gasteiger partial charge in [-0.25, -0.2) is 0 Å². The number of piperidine rings is 1. The summed E-state index contributed by atoms with van der Waals surface area (Å²) in [4.78, 5) is 14.8. The van der Waals surface area contributed by atoms with E-state index >= 15 is 0 Å². The van der Waals surface area contributed by atoms with Gasteiger partial charge in [-0.1, -0.05) is 60.1 Å². The van der Waals surface area contributed by atoms with Crippen LogP contribution in [0.5, 0.6) is 0 Å². The van der Waals surface area contributed by atoms with Crippen LogP contribution < -0.4 is 10.5 Å². The van der Waals surface area contributed by atoms with Crippen LogP contribution in [0.1, 0.15) is 24.5 Å². The minimum absolute atomic E-state index is 0.181. The van der Waals surface area contributed by atoms with E-state index in [1.165, 1.54) is 4.68 Å². The number of hydrogen-bond donors (Lipinski definition) is 1. The minimum atomic E-state index is -0.469. The van der Waals surface area contributed by atoms with Crippen LogP contribution in [0.3, 0.4) is 0 Å². The number of hydrogen-bond acceptors (Lipinski definition) is 4. The van der Waals surface area contributed by atoms with Crippen molar-refractivity contribution in [2.45, 2.75) is 18.9 Å². The molecule has 5 nitrogen and oxygen atoms in total. The highest BCUT2D eigenvalue weighted by atomic mass is 35.5. The van der Waals surface area contributed by atoms with Gasteiger partial charge in [0, 0.05) is 13.1 Å². The molecule has 1 saturated heterocycles. The summed E-state index contributed by atoms with van der Waals surface area (Å²) >= 11 is 6.41. The average Bonchev–Trinajstić information content (AvgIpc) is 2.76. The first kappa shape index (κ1) is 18.7. The number of aliphatic hydroxyl groups is 1. The van der Waals surface area contributed by atoms with Gasteiger partial charge in [-0.2, -0.15) is 9.78 Å². The molecule has 4 rings (SSSR count). The van der Waals surface area contributed by atoms with Crippen LogP contribution in [0.2, 0.25) is 5.02 Å². The Morgan fingerprint density at radius 3 is 2.25 bits per heavy atom. The van der Waals surface area contributed by atoms with Gasteiger partial charge in [0.15, 0.2) is 0 Å². The van der Waals surface area contributed by atoms with Crippen molar-refractivity contribution in [2.75, 3.05) is 18.0 Å². The topological polar surface area (TPSA) is 58.4 Å². The van der Waals surface area contributed by atoms with Gasteiger partial charge < -0.3 is 10.0 Å². The van der Waals surface area contributed by atoms with Crippen LogP contribution in [0, 0.1) is 5.92 Å². The van der Waals surface area contributed by atoms with E-state index in [2.05, 4.69) is 10.00 Å². The Labute approximate surface area is 168 Å². The molecule has 0 radical (unpaired) electrons. The minimum Gasteiger partial charge on any atom is -0.388 e. The maximum Gasteiger partial charge on any atom is 0.292 e. The standard InChI is InChI=1S/C22H22ClN3O2/c23-20-19(15-24-26(22(20)28)18-9-5-2-6-10-18)25-13-11-17(12-14-25)21(27)16-7-3-1-4-8-16/h1-10,15,17,21,27H,11-14H2/t21-/m1/s1. The van der Waals surface area contributed by atoms with E-state index in [4.69, 9.17) is 11.6 Å². The predicted octanol–water partition coefficient (Wildman–Crippen LogP) is 3.84. The van der Waals surface area contributed by atoms with Crippen LogP contribution in [0.4, 0.5) is 5.69 Å². The first-order valence-corrected chi connectivity index (χ1v) is 9.84. The maximum atomic E-state index is 12.7. The second kappa shape index (κ2) is 8.17. The monoisotopic (exact) mass is 395 g/mol. The summed E-state index contributed by atoms with van der Waals surface area (Å²) in [6.07, 6.45) is 2.84. The molecule has 6 heteroatoms. The Morgan fingerprint density at radius 2 is 1.61 bits per heavy atom. The van der Waals surface area contributed by atoms with E-state index in [0.29, 0.717) is 11.4 Å². The average molecular weight is 396 g/mol. The van der Waals surface area contributed by atoms with Gasteiger partial charge >= 0.3 is 0 Å². The largest absolute Gasteiger partial charge is 0.388 e. The molecule has 3 aromatic rings. The zero-order valence-corrected chi connectivity index (χ0v) is 16.2. The number of anilines is 1. The number of para-hydroxylation sites is 1. The van der Waals surface area contributed by atoms with Crippen LogP contribution in [-0.2, 0) is 0 Å². The molecule has 0 amide bonds. The molecule has 1 N–H and O–H groups in total. The van der Waals surface area contributed by atoms with E-state index in [0.717, 1.165) is 31.5 Å². The molecule has 144 valence electrons. The predicted molar refractivity (Wildman–Crippen MR) is 111 cm³/mol. The van der Waals surface area contributed by atoms with Crippen molar-refractivity contribution in [3.63, 3.8) is 0 Å². The van der Waals surface area contributed by atoms with Crippen molar-refractivity contribution in [2.24, 2.45) is 5.92 Å². The summed E-state index contributed by atoms with van der Waals surface area (Å²) in [7, 11) is 0. The van der Waals surface area contributed by atoms with Crippen LogP contribution >= 0.6 is 11.6 Å². The van der Waals surface area contributed by atoms with Gasteiger partial charge in [0.1, 0.15) is 5.02 Å². The smallest absolute Gasteiger partial charge is 0.292 e. The number of nitrogens with zero attached hydrogens (tertiary/aromatic N) is 3. The fourth-order valence-corrected chi connectivity index (χ4v) is 4.02. The third-order valence-corrected chi connectivity index (χ3v) is 5.72. The van der Waals surface area contributed by atoms with Crippen LogP contribution in [0.25, 0.3) is 5.69 Å². The summed E-state index contributed by atoms with van der Waals surface area (Å²) in [6, 6.07) is 19.0. The number of halogens is 1.